The fraction of sp³-hybridized carbons (Fsp3) is 1.00. The predicted molar refractivity (Wildman–Crippen MR) is 43.6 cm³/mol. The molecule has 2 aliphatic rings. The maximum Gasteiger partial charge on any atom is 0.0651 e. The number of rotatable bonds is 1. The van der Waals surface area contributed by atoms with Gasteiger partial charge < -0.3 is 4.84 Å². The number of nitrogens with two attached hydrogens (primary N) is 1. The zero-order valence-corrected chi connectivity index (χ0v) is 7.29. The molecule has 2 saturated heterocycles. The first-order valence-electron chi connectivity index (χ1n) is 4.12. The maximum absolute atomic E-state index is 4.53. The molecule has 0 spiro atoms. The first-order valence-corrected chi connectivity index (χ1v) is 4.12. The van der Waals surface area contributed by atoms with Crippen molar-refractivity contribution in [3.63, 3.8) is 0 Å². The van der Waals surface area contributed by atoms with Crippen molar-refractivity contribution in [2.75, 3.05) is 26.2 Å². The molecule has 0 amide bonds. The van der Waals surface area contributed by atoms with Crippen molar-refractivity contribution in [3.05, 3.63) is 0 Å². The second-order valence-electron chi connectivity index (χ2n) is 2.88. The van der Waals surface area contributed by atoms with Crippen LogP contribution in [0.25, 0.3) is 0 Å². The Hall–Kier alpha value is -0.160. The van der Waals surface area contributed by atoms with Gasteiger partial charge in [-0.3, -0.25) is 0 Å². The Morgan fingerprint density at radius 3 is 2.18 bits per heavy atom. The minimum Gasteiger partial charge on any atom is -0.305 e. The van der Waals surface area contributed by atoms with Crippen LogP contribution >= 0.6 is 0 Å². The molecule has 0 aliphatic carbocycles. The van der Waals surface area contributed by atoms with Crippen molar-refractivity contribution in [1.29, 1.82) is 0 Å². The summed E-state index contributed by atoms with van der Waals surface area (Å²) < 4.78 is 0. The van der Waals surface area contributed by atoms with Crippen LogP contribution in [0, 0.1) is 0 Å². The average Bonchev–Trinajstić information content (AvgIpc) is 2.00. The minimum atomic E-state index is 0.597. The normalized spacial score (nSPS) is 29.2. The van der Waals surface area contributed by atoms with E-state index in [1.54, 1.807) is 0 Å². The van der Waals surface area contributed by atoms with E-state index in [0.29, 0.717) is 6.61 Å². The summed E-state index contributed by atoms with van der Waals surface area (Å²) in [4.78, 5) is 4.04. The van der Waals surface area contributed by atoms with Crippen LogP contribution < -0.4 is 5.90 Å². The Morgan fingerprint density at radius 2 is 2.18 bits per heavy atom. The third-order valence-electron chi connectivity index (χ3n) is 2.10. The molecule has 0 aromatic carbocycles. The molecule has 66 valence electrons. The number of hydrogen-bond acceptors (Lipinski definition) is 4. The molecule has 2 aliphatic heterocycles. The number of nitrogens with zero attached hydrogens (tertiary/aromatic N) is 2. The van der Waals surface area contributed by atoms with Gasteiger partial charge in [-0.25, -0.2) is 15.9 Å². The van der Waals surface area contributed by atoms with Gasteiger partial charge in [-0.1, -0.05) is 0 Å². The zero-order valence-electron chi connectivity index (χ0n) is 7.29. The Bertz CT molecular complexity index is 114. The van der Waals surface area contributed by atoms with Crippen LogP contribution in [-0.4, -0.2) is 42.3 Å². The Morgan fingerprint density at radius 1 is 1.55 bits per heavy atom. The Balaban J connectivity index is 0.000000134. The fourth-order valence-electron chi connectivity index (χ4n) is 1.36. The number of hydrazine groups is 1. The standard InChI is InChI=1S/C5H10N2.C2H7NO/c1-5-4-6-2-3-7(5)6;1-2-4-3/h5H,2-4H2,1H3;2-3H2,1H3. The van der Waals surface area contributed by atoms with Crippen molar-refractivity contribution in [3.8, 4) is 0 Å². The van der Waals surface area contributed by atoms with Crippen molar-refractivity contribution < 1.29 is 4.84 Å². The van der Waals surface area contributed by atoms with Crippen LogP contribution in [0.4, 0.5) is 0 Å². The summed E-state index contributed by atoms with van der Waals surface area (Å²) in [7, 11) is 0. The molecule has 0 aromatic rings. The van der Waals surface area contributed by atoms with E-state index in [9.17, 15) is 0 Å². The molecule has 2 rings (SSSR count). The van der Waals surface area contributed by atoms with Gasteiger partial charge in [0.1, 0.15) is 0 Å². The Kier molecular flexibility index (Phi) is 3.26. The van der Waals surface area contributed by atoms with Gasteiger partial charge in [-0.2, -0.15) is 0 Å². The first-order chi connectivity index (χ1) is 5.29. The highest BCUT2D eigenvalue weighted by Gasteiger charge is 2.39. The molecule has 2 heterocycles. The molecular formula is C7H17N3O. The van der Waals surface area contributed by atoms with Crippen molar-refractivity contribution in [1.82, 2.24) is 10.0 Å². The number of fused-ring (bicyclic) bond motifs is 1. The summed E-state index contributed by atoms with van der Waals surface area (Å²) in [5, 5.41) is 4.78. The third kappa shape index (κ3) is 1.90. The summed E-state index contributed by atoms with van der Waals surface area (Å²) in [5.74, 6) is 4.53. The quantitative estimate of drug-likeness (QED) is 0.539. The first kappa shape index (κ1) is 8.93. The lowest BCUT2D eigenvalue weighted by atomic mass is 10.1. The van der Waals surface area contributed by atoms with Crippen LogP contribution in [0.2, 0.25) is 0 Å². The molecule has 2 N–H and O–H groups in total. The molecule has 4 heteroatoms. The molecule has 2 fully saturated rings. The molecule has 0 bridgehead atoms. The van der Waals surface area contributed by atoms with Gasteiger partial charge in [0.25, 0.3) is 0 Å². The van der Waals surface area contributed by atoms with Crippen LogP contribution in [0.15, 0.2) is 0 Å². The van der Waals surface area contributed by atoms with E-state index >= 15 is 0 Å². The number of piperazine rings is 1. The molecule has 4 nitrogen and oxygen atoms in total. The fourth-order valence-corrected chi connectivity index (χ4v) is 1.36. The maximum atomic E-state index is 4.53. The minimum absolute atomic E-state index is 0.597. The molecule has 0 saturated carbocycles. The summed E-state index contributed by atoms with van der Waals surface area (Å²) in [6.07, 6.45) is 0. The summed E-state index contributed by atoms with van der Waals surface area (Å²) in [6, 6.07) is 0.855. The van der Waals surface area contributed by atoms with E-state index in [1.165, 1.54) is 19.6 Å². The molecule has 1 unspecified atom stereocenters. The van der Waals surface area contributed by atoms with Gasteiger partial charge in [0, 0.05) is 25.7 Å². The SMILES string of the molecule is CC1CN2CCN12.CCON. The van der Waals surface area contributed by atoms with Crippen LogP contribution in [0.1, 0.15) is 13.8 Å². The van der Waals surface area contributed by atoms with Crippen LogP contribution in [-0.2, 0) is 4.84 Å². The second-order valence-corrected chi connectivity index (χ2v) is 2.88. The van der Waals surface area contributed by atoms with E-state index in [0.717, 1.165) is 6.04 Å². The lowest BCUT2D eigenvalue weighted by molar-refractivity contribution is -0.227. The summed E-state index contributed by atoms with van der Waals surface area (Å²) >= 11 is 0. The largest absolute Gasteiger partial charge is 0.305 e. The van der Waals surface area contributed by atoms with Gasteiger partial charge in [0.15, 0.2) is 0 Å². The van der Waals surface area contributed by atoms with Gasteiger partial charge in [0.2, 0.25) is 0 Å². The average molecular weight is 159 g/mol. The van der Waals surface area contributed by atoms with Crippen molar-refractivity contribution in [2.24, 2.45) is 5.90 Å². The molecular weight excluding hydrogens is 142 g/mol. The van der Waals surface area contributed by atoms with E-state index in [4.69, 9.17) is 0 Å². The predicted octanol–water partition coefficient (Wildman–Crippen LogP) is -0.182. The van der Waals surface area contributed by atoms with Crippen molar-refractivity contribution in [2.45, 2.75) is 19.9 Å². The van der Waals surface area contributed by atoms with E-state index in [1.807, 2.05) is 6.92 Å². The lowest BCUT2D eigenvalue weighted by Gasteiger charge is -2.57. The van der Waals surface area contributed by atoms with Gasteiger partial charge in [-0.15, -0.1) is 0 Å². The topological polar surface area (TPSA) is 41.7 Å². The van der Waals surface area contributed by atoms with Crippen molar-refractivity contribution >= 4 is 0 Å². The molecule has 1 atom stereocenters. The highest BCUT2D eigenvalue weighted by molar-refractivity contribution is 4.86. The highest BCUT2D eigenvalue weighted by atomic mass is 16.6. The lowest BCUT2D eigenvalue weighted by Crippen LogP contribution is -2.72. The zero-order chi connectivity index (χ0) is 8.27. The highest BCUT2D eigenvalue weighted by Crippen LogP contribution is 2.23. The summed E-state index contributed by atoms with van der Waals surface area (Å²) in [6.45, 7) is 8.63. The summed E-state index contributed by atoms with van der Waals surface area (Å²) in [5.41, 5.74) is 0. The monoisotopic (exact) mass is 159 g/mol. The number of hydrogen-bond donors (Lipinski definition) is 1. The molecule has 0 aromatic heterocycles. The van der Waals surface area contributed by atoms with E-state index < -0.39 is 0 Å². The van der Waals surface area contributed by atoms with E-state index in [-0.39, 0.29) is 0 Å². The molecule has 11 heavy (non-hydrogen) atoms. The third-order valence-corrected chi connectivity index (χ3v) is 2.10. The van der Waals surface area contributed by atoms with E-state index in [2.05, 4.69) is 27.7 Å². The van der Waals surface area contributed by atoms with Gasteiger partial charge in [-0.05, 0) is 13.8 Å². The second kappa shape index (κ2) is 4.01. The van der Waals surface area contributed by atoms with Gasteiger partial charge in [0.05, 0.1) is 6.61 Å². The van der Waals surface area contributed by atoms with Crippen LogP contribution in [0.5, 0.6) is 0 Å². The Labute approximate surface area is 67.8 Å². The molecule has 0 radical (unpaired) electrons. The van der Waals surface area contributed by atoms with Gasteiger partial charge >= 0.3 is 0 Å². The smallest absolute Gasteiger partial charge is 0.0651 e. The van der Waals surface area contributed by atoms with Crippen LogP contribution in [0.3, 0.4) is 0 Å².